The summed E-state index contributed by atoms with van der Waals surface area (Å²) in [6.45, 7) is 10.2. The predicted molar refractivity (Wildman–Crippen MR) is 319 cm³/mol. The zero-order chi connectivity index (χ0) is 67.0. The van der Waals surface area contributed by atoms with Crippen LogP contribution in [0.2, 0.25) is 0 Å². The summed E-state index contributed by atoms with van der Waals surface area (Å²) < 4.78 is 0. The van der Waals surface area contributed by atoms with Crippen LogP contribution < -0.4 is 65.1 Å². The second-order valence-electron chi connectivity index (χ2n) is 22.3. The van der Waals surface area contributed by atoms with Crippen molar-refractivity contribution in [2.45, 2.75) is 192 Å². The molecule has 0 saturated carbocycles. The van der Waals surface area contributed by atoms with E-state index in [-0.39, 0.29) is 68.4 Å². The number of phenolic OH excluding ortho intramolecular Hbond substituents is 1. The SMILES string of the molecule is CSCC[C@H](NC(=O)[C@H](CC(C)C)NC(=O)[C@H](CC(N)=O)NC(=O)[C@@H](N)CCC(=O)O)C(=O)N[C@H](C(=O)N[C@@H](CCC(=O)O)C(=O)N[C@@H](CCC(=O)O)C(=O)N[C@@H](Cc1ccc(O)cc1)C(=O)N[C@@H](CC(C)C)C(=O)N[C@@H](CCCCN)C(=O)O)C(C)C. The number of hydrogen-bond donors (Lipinski definition) is 17. The van der Waals surface area contributed by atoms with Crippen LogP contribution in [0.15, 0.2) is 24.3 Å². The van der Waals surface area contributed by atoms with Crippen LogP contribution in [-0.2, 0) is 73.5 Å². The quantitative estimate of drug-likeness (QED) is 0.0309. The molecular formula is C56H90N12O19S. The van der Waals surface area contributed by atoms with E-state index in [4.69, 9.17) is 22.3 Å². The van der Waals surface area contributed by atoms with Gasteiger partial charge in [0.25, 0.3) is 0 Å². The van der Waals surface area contributed by atoms with Crippen LogP contribution in [0.5, 0.6) is 5.75 Å². The summed E-state index contributed by atoms with van der Waals surface area (Å²) in [6.07, 6.45) is -2.19. The number of primary amides is 1. The molecule has 32 heteroatoms. The molecule has 0 aliphatic rings. The van der Waals surface area contributed by atoms with Crippen molar-refractivity contribution in [2.24, 2.45) is 35.0 Å². The Labute approximate surface area is 514 Å². The molecule has 0 aromatic heterocycles. The Morgan fingerprint density at radius 2 is 0.852 bits per heavy atom. The molecule has 0 unspecified atom stereocenters. The molecule has 494 valence electrons. The van der Waals surface area contributed by atoms with E-state index >= 15 is 0 Å². The number of thioether (sulfide) groups is 1. The fourth-order valence-electron chi connectivity index (χ4n) is 8.59. The van der Waals surface area contributed by atoms with Gasteiger partial charge < -0.3 is 90.6 Å². The minimum absolute atomic E-state index is 0.00508. The van der Waals surface area contributed by atoms with Gasteiger partial charge >= 0.3 is 23.9 Å². The van der Waals surface area contributed by atoms with E-state index in [1.165, 1.54) is 49.9 Å². The number of carboxylic acids is 4. The summed E-state index contributed by atoms with van der Waals surface area (Å²) in [4.78, 5) is 184. The highest BCUT2D eigenvalue weighted by Gasteiger charge is 2.37. The molecule has 0 aliphatic heterocycles. The number of carbonyl (C=O) groups excluding carboxylic acids is 10. The highest BCUT2D eigenvalue weighted by molar-refractivity contribution is 7.98. The number of amides is 10. The molecule has 0 radical (unpaired) electrons. The van der Waals surface area contributed by atoms with Crippen molar-refractivity contribution >= 4 is 94.7 Å². The van der Waals surface area contributed by atoms with Crippen molar-refractivity contribution in [3.8, 4) is 5.75 Å². The summed E-state index contributed by atoms with van der Waals surface area (Å²) in [5.41, 5.74) is 17.1. The minimum atomic E-state index is -1.81. The number of benzene rings is 1. The van der Waals surface area contributed by atoms with E-state index in [9.17, 15) is 87.5 Å². The monoisotopic (exact) mass is 1270 g/mol. The van der Waals surface area contributed by atoms with Crippen LogP contribution in [0.1, 0.15) is 131 Å². The maximum Gasteiger partial charge on any atom is 0.326 e. The highest BCUT2D eigenvalue weighted by atomic mass is 32.2. The molecule has 10 amide bonds. The maximum absolute atomic E-state index is 14.3. The Morgan fingerprint density at radius 3 is 1.28 bits per heavy atom. The Balaban J connectivity index is 3.64. The van der Waals surface area contributed by atoms with Gasteiger partial charge in [0.2, 0.25) is 59.1 Å². The average molecular weight is 1270 g/mol. The smallest absolute Gasteiger partial charge is 0.326 e. The standard InChI is InChI=1S/C56H90N12O19S/c1-28(2)24-38(66-54(84)41(27-42(59)70)64-47(77)33(58)15-18-43(71)72)51(81)61-36(21-23-88-7)50(80)68-46(30(5)6)55(85)62-35(17-20-45(75)76)48(78)60-34(16-19-44(73)74)49(79)67-40(26-31-11-13-32(69)14-12-31)53(83)65-39(25-29(3)4)52(82)63-37(56(86)87)10-8-9-22-57/h11-14,28-30,33-41,46,69H,8-10,15-27,57-58H2,1-7H3,(H2,59,70)(H,60,78)(H,61,81)(H,62,85)(H,63,82)(H,64,77)(H,65,83)(H,66,84)(H,67,79)(H,68,80)(H,71,72)(H,73,74)(H,75,76)(H,86,87)/t33-,34-,35-,36-,37-,38-,39-,40-,41-,46-/m0/s1. The first kappa shape index (κ1) is 77.9. The summed E-state index contributed by atoms with van der Waals surface area (Å²) in [5, 5.41) is 70.3. The topological polar surface area (TPSA) is 526 Å². The number of phenols is 1. The molecular weight excluding hydrogens is 1180 g/mol. The van der Waals surface area contributed by atoms with Crippen LogP contribution in [0.3, 0.4) is 0 Å². The first-order valence-corrected chi connectivity index (χ1v) is 30.2. The summed E-state index contributed by atoms with van der Waals surface area (Å²) in [5.74, 6) is -16.8. The predicted octanol–water partition coefficient (Wildman–Crippen LogP) is -2.19. The molecule has 0 aliphatic carbocycles. The van der Waals surface area contributed by atoms with Gasteiger partial charge in [0, 0.05) is 25.7 Å². The molecule has 1 aromatic carbocycles. The zero-order valence-corrected chi connectivity index (χ0v) is 51.5. The third-order valence-electron chi connectivity index (χ3n) is 13.3. The van der Waals surface area contributed by atoms with E-state index in [1.54, 1.807) is 34.0 Å². The molecule has 0 heterocycles. The van der Waals surface area contributed by atoms with Crippen LogP contribution in [0.25, 0.3) is 0 Å². The lowest BCUT2D eigenvalue weighted by Gasteiger charge is -2.29. The molecule has 88 heavy (non-hydrogen) atoms. The third kappa shape index (κ3) is 31.0. The first-order valence-electron chi connectivity index (χ1n) is 28.8. The van der Waals surface area contributed by atoms with Gasteiger partial charge in [0.15, 0.2) is 0 Å². The molecule has 0 bridgehead atoms. The molecule has 10 atom stereocenters. The Bertz CT molecular complexity index is 2560. The fourth-order valence-corrected chi connectivity index (χ4v) is 9.07. The summed E-state index contributed by atoms with van der Waals surface area (Å²) in [7, 11) is 0. The number of hydrogen-bond acceptors (Lipinski definition) is 18. The second-order valence-corrected chi connectivity index (χ2v) is 23.3. The van der Waals surface area contributed by atoms with Gasteiger partial charge in [0.1, 0.15) is 60.1 Å². The normalized spacial score (nSPS) is 14.6. The average Bonchev–Trinajstić information content (AvgIpc) is 3.57. The van der Waals surface area contributed by atoms with Crippen molar-refractivity contribution in [1.82, 2.24) is 47.9 Å². The summed E-state index contributed by atoms with van der Waals surface area (Å²) >= 11 is 1.28. The molecule has 0 saturated heterocycles. The van der Waals surface area contributed by atoms with E-state index in [1.807, 2.05) is 0 Å². The number of carbonyl (C=O) groups is 14. The largest absolute Gasteiger partial charge is 0.508 e. The molecule has 20 N–H and O–H groups in total. The van der Waals surface area contributed by atoms with Crippen LogP contribution >= 0.6 is 11.8 Å². The van der Waals surface area contributed by atoms with Gasteiger partial charge in [-0.25, -0.2) is 4.79 Å². The van der Waals surface area contributed by atoms with E-state index in [0.717, 1.165) is 0 Å². The van der Waals surface area contributed by atoms with E-state index < -0.39 is 188 Å². The molecule has 1 rings (SSSR count). The minimum Gasteiger partial charge on any atom is -0.508 e. The van der Waals surface area contributed by atoms with Crippen molar-refractivity contribution in [3.63, 3.8) is 0 Å². The van der Waals surface area contributed by atoms with Crippen molar-refractivity contribution in [2.75, 3.05) is 18.6 Å². The van der Waals surface area contributed by atoms with Gasteiger partial charge in [-0.05, 0) is 112 Å². The Kier molecular flexibility index (Phi) is 35.7. The number of carboxylic acid groups (broad SMARTS) is 4. The fraction of sp³-hybridized carbons (Fsp3) is 0.643. The summed E-state index contributed by atoms with van der Waals surface area (Å²) in [6, 6.07) is -9.89. The van der Waals surface area contributed by atoms with Crippen LogP contribution in [-0.4, -0.2) is 187 Å². The van der Waals surface area contributed by atoms with Gasteiger partial charge in [0.05, 0.1) is 12.5 Å². The number of aromatic hydroxyl groups is 1. The maximum atomic E-state index is 14.3. The highest BCUT2D eigenvalue weighted by Crippen LogP contribution is 2.16. The number of rotatable bonds is 44. The van der Waals surface area contributed by atoms with Crippen LogP contribution in [0, 0.1) is 17.8 Å². The van der Waals surface area contributed by atoms with Crippen LogP contribution in [0.4, 0.5) is 0 Å². The van der Waals surface area contributed by atoms with Gasteiger partial charge in [-0.1, -0.05) is 53.7 Å². The Hall–Kier alpha value is -8.13. The zero-order valence-electron chi connectivity index (χ0n) is 50.7. The third-order valence-corrected chi connectivity index (χ3v) is 14.0. The lowest BCUT2D eigenvalue weighted by Crippen LogP contribution is -2.61. The van der Waals surface area contributed by atoms with Gasteiger partial charge in [-0.3, -0.25) is 62.3 Å². The molecule has 0 fully saturated rings. The van der Waals surface area contributed by atoms with E-state index in [0.29, 0.717) is 18.4 Å². The second kappa shape index (κ2) is 40.3. The van der Waals surface area contributed by atoms with E-state index in [2.05, 4.69) is 47.9 Å². The molecule has 0 spiro atoms. The van der Waals surface area contributed by atoms with Crippen molar-refractivity contribution in [1.29, 1.82) is 0 Å². The van der Waals surface area contributed by atoms with Gasteiger partial charge in [-0.2, -0.15) is 11.8 Å². The van der Waals surface area contributed by atoms with Crippen molar-refractivity contribution in [3.05, 3.63) is 29.8 Å². The number of nitrogens with two attached hydrogens (primary N) is 3. The van der Waals surface area contributed by atoms with Gasteiger partial charge in [-0.15, -0.1) is 0 Å². The molecule has 1 aromatic rings. The van der Waals surface area contributed by atoms with Crippen molar-refractivity contribution < 1.29 is 92.7 Å². The molecule has 31 nitrogen and oxygen atoms in total. The first-order chi connectivity index (χ1) is 41.2. The lowest BCUT2D eigenvalue weighted by atomic mass is 9.99. The number of unbranched alkanes of at least 4 members (excludes halogenated alkanes) is 1. The lowest BCUT2D eigenvalue weighted by molar-refractivity contribution is -0.143. The Morgan fingerprint density at radius 1 is 0.466 bits per heavy atom. The number of aliphatic carboxylic acids is 4. The number of nitrogens with one attached hydrogen (secondary N) is 9.